The molecule has 0 radical (unpaired) electrons. The van der Waals surface area contributed by atoms with Crippen LogP contribution in [-0.4, -0.2) is 35.1 Å². The molecular weight excluding hydrogens is 190 g/mol. The molecule has 0 amide bonds. The lowest BCUT2D eigenvalue weighted by Crippen LogP contribution is -2.42. The number of nitrogens with zero attached hydrogens (tertiary/aromatic N) is 1. The first-order chi connectivity index (χ1) is 7.09. The first-order valence-corrected chi connectivity index (χ1v) is 6.05. The van der Waals surface area contributed by atoms with Gasteiger partial charge in [0.05, 0.1) is 6.54 Å². The van der Waals surface area contributed by atoms with E-state index in [1.54, 1.807) is 0 Å². The van der Waals surface area contributed by atoms with Crippen LogP contribution in [0.1, 0.15) is 46.0 Å². The van der Waals surface area contributed by atoms with E-state index >= 15 is 0 Å². The van der Waals surface area contributed by atoms with Gasteiger partial charge in [-0.25, -0.2) is 0 Å². The van der Waals surface area contributed by atoms with Crippen molar-refractivity contribution in [2.75, 3.05) is 13.1 Å². The predicted octanol–water partition coefficient (Wildman–Crippen LogP) is 2.36. The van der Waals surface area contributed by atoms with Gasteiger partial charge < -0.3 is 5.11 Å². The summed E-state index contributed by atoms with van der Waals surface area (Å²) in [6.45, 7) is 5.65. The van der Waals surface area contributed by atoms with E-state index in [1.807, 2.05) is 0 Å². The Hall–Kier alpha value is -0.570. The van der Waals surface area contributed by atoms with Crippen LogP contribution in [0.5, 0.6) is 0 Å². The maximum atomic E-state index is 10.7. The molecule has 0 bridgehead atoms. The first-order valence-electron chi connectivity index (χ1n) is 6.05. The molecule has 3 nitrogen and oxygen atoms in total. The minimum Gasteiger partial charge on any atom is -0.480 e. The SMILES string of the molecule is CC(C)CCC1CCCCN1CC(=O)O. The normalized spacial score (nSPS) is 23.3. The largest absolute Gasteiger partial charge is 0.480 e. The summed E-state index contributed by atoms with van der Waals surface area (Å²) in [5.41, 5.74) is 0. The third-order valence-corrected chi connectivity index (χ3v) is 3.16. The Morgan fingerprint density at radius 3 is 2.80 bits per heavy atom. The highest BCUT2D eigenvalue weighted by Crippen LogP contribution is 2.22. The van der Waals surface area contributed by atoms with Crippen LogP contribution in [-0.2, 0) is 4.79 Å². The molecule has 0 aliphatic carbocycles. The van der Waals surface area contributed by atoms with E-state index in [0.29, 0.717) is 6.04 Å². The van der Waals surface area contributed by atoms with Gasteiger partial charge >= 0.3 is 5.97 Å². The van der Waals surface area contributed by atoms with Gasteiger partial charge in [-0.2, -0.15) is 0 Å². The first kappa shape index (κ1) is 12.5. The van der Waals surface area contributed by atoms with Crippen LogP contribution in [0, 0.1) is 5.92 Å². The van der Waals surface area contributed by atoms with Crippen molar-refractivity contribution in [3.8, 4) is 0 Å². The number of carbonyl (C=O) groups is 1. The Balaban J connectivity index is 2.39. The molecule has 1 aliphatic heterocycles. The zero-order valence-electron chi connectivity index (χ0n) is 9.91. The monoisotopic (exact) mass is 213 g/mol. The van der Waals surface area contributed by atoms with Crippen molar-refractivity contribution < 1.29 is 9.90 Å². The van der Waals surface area contributed by atoms with E-state index in [1.165, 1.54) is 19.3 Å². The number of hydrogen-bond donors (Lipinski definition) is 1. The van der Waals surface area contributed by atoms with Crippen LogP contribution in [0.4, 0.5) is 0 Å². The summed E-state index contributed by atoms with van der Waals surface area (Å²) in [7, 11) is 0. The Labute approximate surface area is 92.5 Å². The van der Waals surface area contributed by atoms with Crippen molar-refractivity contribution >= 4 is 5.97 Å². The molecule has 0 saturated carbocycles. The summed E-state index contributed by atoms with van der Waals surface area (Å²) >= 11 is 0. The molecule has 1 atom stereocenters. The second-order valence-electron chi connectivity index (χ2n) is 4.99. The topological polar surface area (TPSA) is 40.5 Å². The quantitative estimate of drug-likeness (QED) is 0.762. The van der Waals surface area contributed by atoms with Crippen LogP contribution in [0.25, 0.3) is 0 Å². The lowest BCUT2D eigenvalue weighted by atomic mass is 9.95. The van der Waals surface area contributed by atoms with Crippen LogP contribution < -0.4 is 0 Å². The fraction of sp³-hybridized carbons (Fsp3) is 0.917. The lowest BCUT2D eigenvalue weighted by Gasteiger charge is -2.34. The average molecular weight is 213 g/mol. The third-order valence-electron chi connectivity index (χ3n) is 3.16. The molecule has 0 aromatic rings. The average Bonchev–Trinajstić information content (AvgIpc) is 2.15. The Morgan fingerprint density at radius 2 is 2.20 bits per heavy atom. The van der Waals surface area contributed by atoms with Gasteiger partial charge in [0.1, 0.15) is 0 Å². The van der Waals surface area contributed by atoms with Crippen LogP contribution in [0.3, 0.4) is 0 Å². The van der Waals surface area contributed by atoms with Crippen molar-refractivity contribution in [3.05, 3.63) is 0 Å². The van der Waals surface area contributed by atoms with Gasteiger partial charge in [-0.1, -0.05) is 20.3 Å². The van der Waals surface area contributed by atoms with Gasteiger partial charge in [0.15, 0.2) is 0 Å². The molecule has 15 heavy (non-hydrogen) atoms. The summed E-state index contributed by atoms with van der Waals surface area (Å²) in [6.07, 6.45) is 5.97. The molecule has 0 spiro atoms. The van der Waals surface area contributed by atoms with Gasteiger partial charge in [0.2, 0.25) is 0 Å². The van der Waals surface area contributed by atoms with Crippen molar-refractivity contribution in [2.24, 2.45) is 5.92 Å². The minimum absolute atomic E-state index is 0.225. The standard InChI is InChI=1S/C12H23NO2/c1-10(2)6-7-11-5-3-4-8-13(11)9-12(14)15/h10-11H,3-9H2,1-2H3,(H,14,15). The van der Waals surface area contributed by atoms with E-state index in [2.05, 4.69) is 18.7 Å². The van der Waals surface area contributed by atoms with Crippen molar-refractivity contribution in [1.82, 2.24) is 4.90 Å². The summed E-state index contributed by atoms with van der Waals surface area (Å²) in [4.78, 5) is 12.9. The van der Waals surface area contributed by atoms with Crippen LogP contribution in [0.2, 0.25) is 0 Å². The molecular formula is C12H23NO2. The molecule has 1 saturated heterocycles. The fourth-order valence-electron chi connectivity index (χ4n) is 2.29. The maximum absolute atomic E-state index is 10.7. The summed E-state index contributed by atoms with van der Waals surface area (Å²) in [5.74, 6) is 0.0325. The third kappa shape index (κ3) is 4.65. The van der Waals surface area contributed by atoms with Crippen LogP contribution >= 0.6 is 0 Å². The summed E-state index contributed by atoms with van der Waals surface area (Å²) in [5, 5.41) is 8.82. The van der Waals surface area contributed by atoms with Gasteiger partial charge in [-0.05, 0) is 38.1 Å². The van der Waals surface area contributed by atoms with Gasteiger partial charge in [-0.15, -0.1) is 0 Å². The Kier molecular flexibility index (Phi) is 5.09. The number of carboxylic acids is 1. The van der Waals surface area contributed by atoms with E-state index in [-0.39, 0.29) is 6.54 Å². The number of rotatable bonds is 5. The molecule has 88 valence electrons. The van der Waals surface area contributed by atoms with Crippen molar-refractivity contribution in [3.63, 3.8) is 0 Å². The number of aliphatic carboxylic acids is 1. The van der Waals surface area contributed by atoms with Crippen LogP contribution in [0.15, 0.2) is 0 Å². The molecule has 0 aromatic carbocycles. The maximum Gasteiger partial charge on any atom is 0.317 e. The highest BCUT2D eigenvalue weighted by Gasteiger charge is 2.23. The second kappa shape index (κ2) is 6.11. The van der Waals surface area contributed by atoms with Gasteiger partial charge in [-0.3, -0.25) is 9.69 Å². The zero-order valence-corrected chi connectivity index (χ0v) is 9.91. The van der Waals surface area contributed by atoms with E-state index in [9.17, 15) is 4.79 Å². The number of likely N-dealkylation sites (tertiary alicyclic amines) is 1. The lowest BCUT2D eigenvalue weighted by molar-refractivity contribution is -0.139. The van der Waals surface area contributed by atoms with Gasteiger partial charge in [0.25, 0.3) is 0 Å². The molecule has 0 aromatic heterocycles. The Bertz CT molecular complexity index is 204. The highest BCUT2D eigenvalue weighted by molar-refractivity contribution is 5.69. The predicted molar refractivity (Wildman–Crippen MR) is 60.9 cm³/mol. The van der Waals surface area contributed by atoms with E-state index in [4.69, 9.17) is 5.11 Å². The number of hydrogen-bond acceptors (Lipinski definition) is 2. The molecule has 1 unspecified atom stereocenters. The van der Waals surface area contributed by atoms with Gasteiger partial charge in [0, 0.05) is 6.04 Å². The molecule has 1 rings (SSSR count). The van der Waals surface area contributed by atoms with Crippen molar-refractivity contribution in [2.45, 2.75) is 52.0 Å². The molecule has 1 fully saturated rings. The van der Waals surface area contributed by atoms with Crippen molar-refractivity contribution in [1.29, 1.82) is 0 Å². The summed E-state index contributed by atoms with van der Waals surface area (Å²) < 4.78 is 0. The number of piperidine rings is 1. The van der Waals surface area contributed by atoms with E-state index < -0.39 is 5.97 Å². The smallest absolute Gasteiger partial charge is 0.317 e. The highest BCUT2D eigenvalue weighted by atomic mass is 16.4. The van der Waals surface area contributed by atoms with E-state index in [0.717, 1.165) is 25.3 Å². The second-order valence-corrected chi connectivity index (χ2v) is 4.99. The molecule has 3 heteroatoms. The fourth-order valence-corrected chi connectivity index (χ4v) is 2.29. The zero-order chi connectivity index (χ0) is 11.3. The number of carboxylic acid groups (broad SMARTS) is 1. The summed E-state index contributed by atoms with van der Waals surface area (Å²) in [6, 6.07) is 0.511. The molecule has 1 aliphatic rings. The molecule has 1 heterocycles. The Morgan fingerprint density at radius 1 is 1.47 bits per heavy atom. The molecule has 1 N–H and O–H groups in total. The minimum atomic E-state index is -0.688.